The number of rotatable bonds is 2. The Morgan fingerprint density at radius 3 is 2.38 bits per heavy atom. The third kappa shape index (κ3) is 1.90. The van der Waals surface area contributed by atoms with Crippen molar-refractivity contribution in [3.05, 3.63) is 0 Å². The second-order valence-electron chi connectivity index (χ2n) is 4.39. The molecular formula is C10H16FNO. The predicted octanol–water partition coefficient (Wildman–Crippen LogP) is 1.16. The Morgan fingerprint density at radius 2 is 1.85 bits per heavy atom. The van der Waals surface area contributed by atoms with Crippen LogP contribution in [0.3, 0.4) is 0 Å². The van der Waals surface area contributed by atoms with Gasteiger partial charge in [0.25, 0.3) is 0 Å². The van der Waals surface area contributed by atoms with Gasteiger partial charge in [-0.3, -0.25) is 4.79 Å². The van der Waals surface area contributed by atoms with E-state index in [1.807, 2.05) is 0 Å². The first-order valence-electron chi connectivity index (χ1n) is 5.09. The van der Waals surface area contributed by atoms with E-state index in [0.717, 1.165) is 25.9 Å². The first-order chi connectivity index (χ1) is 6.29. The summed E-state index contributed by atoms with van der Waals surface area (Å²) >= 11 is 0. The fraction of sp³-hybridized carbons (Fsp3) is 0.900. The van der Waals surface area contributed by atoms with Crippen LogP contribution in [0.5, 0.6) is 0 Å². The summed E-state index contributed by atoms with van der Waals surface area (Å²) in [6, 6.07) is 0. The summed E-state index contributed by atoms with van der Waals surface area (Å²) in [6.45, 7) is 1.27. The molecule has 0 aromatic rings. The standard InChI is InChI=1S/C10H16FNO/c11-4-10(13)9-2-7-1-8(3-9)6-12-5-7/h7-9,12H,1-6H2. The minimum absolute atomic E-state index is 0.0239. The molecule has 2 bridgehead atoms. The van der Waals surface area contributed by atoms with Gasteiger partial charge < -0.3 is 5.32 Å². The van der Waals surface area contributed by atoms with Crippen molar-refractivity contribution < 1.29 is 9.18 Å². The quantitative estimate of drug-likeness (QED) is 0.699. The Labute approximate surface area is 77.9 Å². The van der Waals surface area contributed by atoms with Gasteiger partial charge in [-0.2, -0.15) is 0 Å². The molecule has 1 N–H and O–H groups in total. The lowest BCUT2D eigenvalue weighted by Crippen LogP contribution is -2.43. The highest BCUT2D eigenvalue weighted by molar-refractivity contribution is 5.82. The van der Waals surface area contributed by atoms with Crippen molar-refractivity contribution >= 4 is 5.78 Å². The van der Waals surface area contributed by atoms with E-state index in [9.17, 15) is 9.18 Å². The number of piperidine rings is 1. The highest BCUT2D eigenvalue weighted by atomic mass is 19.1. The second kappa shape index (κ2) is 3.74. The van der Waals surface area contributed by atoms with E-state index in [-0.39, 0.29) is 11.7 Å². The molecule has 13 heavy (non-hydrogen) atoms. The monoisotopic (exact) mass is 185 g/mol. The molecular weight excluding hydrogens is 169 g/mol. The van der Waals surface area contributed by atoms with E-state index in [1.54, 1.807) is 0 Å². The third-order valence-corrected chi connectivity index (χ3v) is 3.36. The van der Waals surface area contributed by atoms with Crippen LogP contribution in [-0.4, -0.2) is 25.5 Å². The van der Waals surface area contributed by atoms with Gasteiger partial charge in [0.15, 0.2) is 5.78 Å². The molecule has 2 fully saturated rings. The summed E-state index contributed by atoms with van der Waals surface area (Å²) in [5, 5.41) is 3.36. The molecule has 3 heteroatoms. The van der Waals surface area contributed by atoms with Gasteiger partial charge in [-0.25, -0.2) is 4.39 Å². The maximum atomic E-state index is 12.2. The highest BCUT2D eigenvalue weighted by Crippen LogP contribution is 2.35. The first kappa shape index (κ1) is 9.13. The van der Waals surface area contributed by atoms with Crippen molar-refractivity contribution in [2.24, 2.45) is 17.8 Å². The number of carbonyl (C=O) groups excluding carboxylic acids is 1. The van der Waals surface area contributed by atoms with Crippen LogP contribution in [0.4, 0.5) is 4.39 Å². The zero-order valence-corrected chi connectivity index (χ0v) is 7.76. The van der Waals surface area contributed by atoms with Gasteiger partial charge in [0, 0.05) is 5.92 Å². The molecule has 2 unspecified atom stereocenters. The number of fused-ring (bicyclic) bond motifs is 2. The number of hydrogen-bond acceptors (Lipinski definition) is 2. The number of alkyl halides is 1. The van der Waals surface area contributed by atoms with Crippen LogP contribution in [0.2, 0.25) is 0 Å². The normalized spacial score (nSPS) is 38.7. The Hall–Kier alpha value is -0.440. The maximum Gasteiger partial charge on any atom is 0.166 e. The fourth-order valence-corrected chi connectivity index (χ4v) is 2.76. The van der Waals surface area contributed by atoms with E-state index in [2.05, 4.69) is 5.32 Å². The molecule has 0 aromatic carbocycles. The molecule has 1 saturated heterocycles. The summed E-state index contributed by atoms with van der Waals surface area (Å²) in [5.74, 6) is 1.09. The van der Waals surface area contributed by atoms with Gasteiger partial charge in [0.1, 0.15) is 6.67 Å². The molecule has 2 aliphatic rings. The van der Waals surface area contributed by atoms with Crippen LogP contribution in [0, 0.1) is 17.8 Å². The molecule has 1 aliphatic carbocycles. The topological polar surface area (TPSA) is 29.1 Å². The largest absolute Gasteiger partial charge is 0.316 e. The fourth-order valence-electron chi connectivity index (χ4n) is 2.76. The summed E-state index contributed by atoms with van der Waals surface area (Å²) < 4.78 is 12.2. The van der Waals surface area contributed by atoms with Gasteiger partial charge in [-0.15, -0.1) is 0 Å². The molecule has 2 nitrogen and oxygen atoms in total. The lowest BCUT2D eigenvalue weighted by Gasteiger charge is -2.38. The molecule has 1 aliphatic heterocycles. The molecule has 2 atom stereocenters. The Kier molecular flexibility index (Phi) is 2.63. The summed E-state index contributed by atoms with van der Waals surface area (Å²) in [6.07, 6.45) is 3.06. The predicted molar refractivity (Wildman–Crippen MR) is 48.2 cm³/mol. The minimum atomic E-state index is -0.766. The van der Waals surface area contributed by atoms with Crippen molar-refractivity contribution in [3.63, 3.8) is 0 Å². The van der Waals surface area contributed by atoms with Gasteiger partial charge in [-0.05, 0) is 44.2 Å². The van der Waals surface area contributed by atoms with E-state index in [4.69, 9.17) is 0 Å². The molecule has 0 aromatic heterocycles. The van der Waals surface area contributed by atoms with Crippen molar-refractivity contribution in [2.75, 3.05) is 19.8 Å². The molecule has 74 valence electrons. The van der Waals surface area contributed by atoms with Crippen LogP contribution < -0.4 is 5.32 Å². The van der Waals surface area contributed by atoms with E-state index >= 15 is 0 Å². The number of ketones is 1. The van der Waals surface area contributed by atoms with Gasteiger partial charge >= 0.3 is 0 Å². The van der Waals surface area contributed by atoms with E-state index in [1.165, 1.54) is 6.42 Å². The molecule has 1 saturated carbocycles. The zero-order valence-electron chi connectivity index (χ0n) is 7.76. The summed E-state index contributed by atoms with van der Waals surface area (Å²) in [7, 11) is 0. The maximum absolute atomic E-state index is 12.2. The Balaban J connectivity index is 1.97. The van der Waals surface area contributed by atoms with E-state index < -0.39 is 6.67 Å². The van der Waals surface area contributed by atoms with E-state index in [0.29, 0.717) is 11.8 Å². The second-order valence-corrected chi connectivity index (χ2v) is 4.39. The number of carbonyl (C=O) groups is 1. The van der Waals surface area contributed by atoms with Gasteiger partial charge in [0.05, 0.1) is 0 Å². The third-order valence-electron chi connectivity index (χ3n) is 3.36. The molecule has 0 spiro atoms. The summed E-state index contributed by atoms with van der Waals surface area (Å²) in [5.41, 5.74) is 0. The van der Waals surface area contributed by atoms with Crippen LogP contribution in [-0.2, 0) is 4.79 Å². The minimum Gasteiger partial charge on any atom is -0.316 e. The molecule has 2 rings (SSSR count). The Bertz CT molecular complexity index is 195. The smallest absolute Gasteiger partial charge is 0.166 e. The first-order valence-corrected chi connectivity index (χ1v) is 5.09. The number of Topliss-reactive ketones (excluding diaryl/α,β-unsaturated/α-hetero) is 1. The lowest BCUT2D eigenvalue weighted by molar-refractivity contribution is -0.126. The van der Waals surface area contributed by atoms with Crippen molar-refractivity contribution in [1.29, 1.82) is 0 Å². The van der Waals surface area contributed by atoms with Crippen molar-refractivity contribution in [1.82, 2.24) is 5.32 Å². The van der Waals surface area contributed by atoms with Crippen LogP contribution in [0.25, 0.3) is 0 Å². The van der Waals surface area contributed by atoms with Crippen molar-refractivity contribution in [3.8, 4) is 0 Å². The highest BCUT2D eigenvalue weighted by Gasteiger charge is 2.34. The zero-order chi connectivity index (χ0) is 9.26. The van der Waals surface area contributed by atoms with Gasteiger partial charge in [-0.1, -0.05) is 0 Å². The SMILES string of the molecule is O=C(CF)C1CC2CNCC(C2)C1. The Morgan fingerprint density at radius 1 is 1.23 bits per heavy atom. The lowest BCUT2D eigenvalue weighted by atomic mass is 9.72. The van der Waals surface area contributed by atoms with Crippen molar-refractivity contribution in [2.45, 2.75) is 19.3 Å². The van der Waals surface area contributed by atoms with Gasteiger partial charge in [0.2, 0.25) is 0 Å². The molecule has 1 heterocycles. The number of halogens is 1. The molecule has 0 radical (unpaired) electrons. The van der Waals surface area contributed by atoms with Crippen LogP contribution >= 0.6 is 0 Å². The number of hydrogen-bond donors (Lipinski definition) is 1. The average molecular weight is 185 g/mol. The number of nitrogens with one attached hydrogen (secondary N) is 1. The molecule has 0 amide bonds. The van der Waals surface area contributed by atoms with Crippen LogP contribution in [0.15, 0.2) is 0 Å². The van der Waals surface area contributed by atoms with Crippen LogP contribution in [0.1, 0.15) is 19.3 Å². The average Bonchev–Trinajstić information content (AvgIpc) is 2.16. The summed E-state index contributed by atoms with van der Waals surface area (Å²) in [4.78, 5) is 11.2.